The molecule has 0 radical (unpaired) electrons. The summed E-state index contributed by atoms with van der Waals surface area (Å²) in [6, 6.07) is 23.6. The summed E-state index contributed by atoms with van der Waals surface area (Å²) in [5.41, 5.74) is 16.9. The SMILES string of the molecule is C.C.CCCCC12CCc3cc(O)ccc3C1=C(Br)C(=O)C2.CCCCC12CCc3cc(O)ccc3C1=C(C)C(=O)C2.CCCCC12CCc3cc(OCOC)ccc3C1=C(Br)C(=O)C2.CCCCC12CCc3cc(OCOC)ccc3C1=C(C)C(=O)C2.Cl. The number of phenols is 2. The fourth-order valence-electron chi connectivity index (χ4n) is 15.9. The molecule has 8 aliphatic rings. The summed E-state index contributed by atoms with van der Waals surface area (Å²) >= 11 is 7.11. The number of ether oxygens (including phenoxy) is 4. The first kappa shape index (κ1) is 72.9. The Morgan fingerprint density at radius 1 is 0.427 bits per heavy atom. The predicted octanol–water partition coefficient (Wildman–Crippen LogP) is 20.0. The van der Waals surface area contributed by atoms with E-state index in [1.54, 1.807) is 26.4 Å². The summed E-state index contributed by atoms with van der Waals surface area (Å²) in [6.45, 7) is 13.3. The van der Waals surface area contributed by atoms with Crippen LogP contribution in [0.1, 0.15) is 229 Å². The second kappa shape index (κ2) is 31.5. The molecule has 0 amide bonds. The van der Waals surface area contributed by atoms with Crippen LogP contribution in [-0.2, 0) is 54.3 Å². The van der Waals surface area contributed by atoms with Crippen molar-refractivity contribution in [1.82, 2.24) is 0 Å². The molecule has 10 nitrogen and oxygen atoms in total. The van der Waals surface area contributed by atoms with Gasteiger partial charge in [-0.3, -0.25) is 19.2 Å². The van der Waals surface area contributed by atoms with E-state index in [1.165, 1.54) is 93.3 Å². The Balaban J connectivity index is 0.000000187. The van der Waals surface area contributed by atoms with Crippen LogP contribution in [0.3, 0.4) is 0 Å². The molecule has 0 saturated carbocycles. The third-order valence-electron chi connectivity index (χ3n) is 20.3. The highest BCUT2D eigenvalue weighted by Gasteiger charge is 2.50. The average molecular weight is 1370 g/mol. The maximum atomic E-state index is 12.4. The van der Waals surface area contributed by atoms with Crippen LogP contribution in [0, 0.1) is 21.7 Å². The van der Waals surface area contributed by atoms with Gasteiger partial charge in [-0.25, -0.2) is 0 Å². The van der Waals surface area contributed by atoms with Crippen molar-refractivity contribution in [1.29, 1.82) is 0 Å². The Labute approximate surface area is 554 Å². The van der Waals surface area contributed by atoms with Crippen molar-refractivity contribution < 1.29 is 48.3 Å². The molecule has 4 atom stereocenters. The highest BCUT2D eigenvalue weighted by molar-refractivity contribution is 9.12. The molecule has 13 heteroatoms. The van der Waals surface area contributed by atoms with Gasteiger partial charge in [-0.05, 0) is 249 Å². The number of aryl methyl sites for hydroxylation is 4. The molecule has 4 aromatic carbocycles. The second-order valence-corrected chi connectivity index (χ2v) is 27.3. The Kier molecular flexibility index (Phi) is 25.8. The topological polar surface area (TPSA) is 146 Å². The highest BCUT2D eigenvalue weighted by atomic mass is 79.9. The summed E-state index contributed by atoms with van der Waals surface area (Å²) < 4.78 is 22.6. The van der Waals surface area contributed by atoms with Crippen molar-refractivity contribution in [3.63, 3.8) is 0 Å². The molecule has 0 bridgehead atoms. The van der Waals surface area contributed by atoms with Gasteiger partial charge in [0.05, 0.1) is 8.96 Å². The number of fused-ring (bicyclic) bond motifs is 12. The highest BCUT2D eigenvalue weighted by Crippen LogP contribution is 2.61. The van der Waals surface area contributed by atoms with Crippen molar-refractivity contribution in [2.45, 2.75) is 210 Å². The van der Waals surface area contributed by atoms with Crippen LogP contribution in [0.4, 0.5) is 0 Å². The standard InChI is InChI=1S/C20H26O3.C19H23BrO3.C18H22O2.C17H19BrO2.2CH4.ClH/c1-4-5-9-20-10-8-15-11-16(23-13-22-3)6-7-17(15)19(20)14(2)18(21)12-20;1-3-4-8-19-9-7-13-10-14(23-12-22-2)5-6-15(13)17(19)18(20)16(21)11-19;1-3-4-8-18-9-7-13-10-14(19)5-6-15(13)17(18)12(2)16(20)11-18;1-2-3-7-17-8-6-11-9-12(19)4-5-13(11)15(17)16(18)14(20)10-17;;;/h6-7,11H,4-5,8-10,12-13H2,1-3H3;5-6,10H,3-4,7-9,11-12H2,1-2H3;5-6,10,19H,3-4,7-9,11H2,1-2H3;4-5,9,19H,2-3,6-8,10H2,1H3;2*1H4;1H. The zero-order valence-electron chi connectivity index (χ0n) is 52.6. The normalized spacial score (nSPS) is 23.0. The number of rotatable bonds is 18. The van der Waals surface area contributed by atoms with E-state index in [2.05, 4.69) is 83.8 Å². The van der Waals surface area contributed by atoms with E-state index >= 15 is 0 Å². The number of phenolic OH excluding ortho intramolecular Hbond substituents is 2. The number of hydrogen-bond acceptors (Lipinski definition) is 10. The number of aromatic hydroxyl groups is 2. The Morgan fingerprint density at radius 2 is 0.708 bits per heavy atom. The summed E-state index contributed by atoms with van der Waals surface area (Å²) in [6.07, 6.45) is 24.6. The van der Waals surface area contributed by atoms with Crippen molar-refractivity contribution in [2.24, 2.45) is 21.7 Å². The molecule has 0 saturated heterocycles. The molecule has 2 N–H and O–H groups in total. The van der Waals surface area contributed by atoms with E-state index < -0.39 is 0 Å². The van der Waals surface area contributed by atoms with Gasteiger partial charge in [0.2, 0.25) is 0 Å². The number of benzene rings is 4. The van der Waals surface area contributed by atoms with E-state index in [4.69, 9.17) is 18.9 Å². The Morgan fingerprint density at radius 3 is 1.02 bits per heavy atom. The minimum absolute atomic E-state index is 0. The molecule has 484 valence electrons. The molecule has 4 unspecified atom stereocenters. The van der Waals surface area contributed by atoms with Gasteiger partial charge in [0.15, 0.2) is 36.7 Å². The number of halogens is 3. The maximum absolute atomic E-state index is 12.4. The smallest absolute Gasteiger partial charge is 0.188 e. The van der Waals surface area contributed by atoms with Crippen LogP contribution in [0.5, 0.6) is 23.0 Å². The zero-order valence-corrected chi connectivity index (χ0v) is 56.6. The number of carbonyl (C=O) groups is 4. The number of Topliss-reactive ketones (excluding diaryl/α,β-unsaturated/α-hetero) is 4. The lowest BCUT2D eigenvalue weighted by Crippen LogP contribution is -2.26. The molecule has 0 heterocycles. The third-order valence-corrected chi connectivity index (χ3v) is 21.9. The van der Waals surface area contributed by atoms with Crippen molar-refractivity contribution in [3.05, 3.63) is 137 Å². The van der Waals surface area contributed by atoms with Gasteiger partial charge in [-0.15, -0.1) is 12.4 Å². The van der Waals surface area contributed by atoms with Gasteiger partial charge in [-0.1, -0.05) is 118 Å². The number of allylic oxidation sites excluding steroid dienone is 8. The summed E-state index contributed by atoms with van der Waals surface area (Å²) in [5, 5.41) is 19.3. The van der Waals surface area contributed by atoms with E-state index in [0.717, 1.165) is 133 Å². The third kappa shape index (κ3) is 14.9. The first-order chi connectivity index (χ1) is 41.4. The molecule has 0 aromatic heterocycles. The molecule has 0 spiro atoms. The van der Waals surface area contributed by atoms with E-state index in [9.17, 15) is 29.4 Å². The van der Waals surface area contributed by atoms with E-state index in [1.807, 2.05) is 50.2 Å². The lowest BCUT2D eigenvalue weighted by molar-refractivity contribution is -0.117. The van der Waals surface area contributed by atoms with Gasteiger partial charge in [0.25, 0.3) is 0 Å². The molecule has 8 aliphatic carbocycles. The number of unbranched alkanes of at least 4 members (excludes halogenated alkanes) is 4. The van der Waals surface area contributed by atoms with E-state index in [0.29, 0.717) is 48.7 Å². The van der Waals surface area contributed by atoms with Gasteiger partial charge in [0, 0.05) is 61.6 Å². The number of hydrogen-bond donors (Lipinski definition) is 2. The van der Waals surface area contributed by atoms with Crippen LogP contribution in [0.2, 0.25) is 0 Å². The van der Waals surface area contributed by atoms with Gasteiger partial charge < -0.3 is 29.2 Å². The molecule has 0 aliphatic heterocycles. The first-order valence-electron chi connectivity index (χ1n) is 31.9. The van der Waals surface area contributed by atoms with Gasteiger partial charge in [-0.2, -0.15) is 0 Å². The predicted molar refractivity (Wildman–Crippen MR) is 371 cm³/mol. The minimum atomic E-state index is 0. The summed E-state index contributed by atoms with van der Waals surface area (Å²) in [5.74, 6) is 3.45. The number of carbonyl (C=O) groups excluding carboxylic acids is 4. The Bertz CT molecular complexity index is 3170. The van der Waals surface area contributed by atoms with Gasteiger partial charge >= 0.3 is 0 Å². The fraction of sp³-hybridized carbons (Fsp3) is 0.526. The maximum Gasteiger partial charge on any atom is 0.188 e. The van der Waals surface area contributed by atoms with Gasteiger partial charge in [0.1, 0.15) is 23.0 Å². The largest absolute Gasteiger partial charge is 0.508 e. The van der Waals surface area contributed by atoms with Crippen LogP contribution in [0.15, 0.2) is 92.9 Å². The fourth-order valence-corrected chi connectivity index (χ4v) is 17.5. The molecule has 4 aromatic rings. The monoisotopic (exact) mass is 1360 g/mol. The number of ketones is 4. The zero-order chi connectivity index (χ0) is 61.6. The summed E-state index contributed by atoms with van der Waals surface area (Å²) in [7, 11) is 3.24. The van der Waals surface area contributed by atoms with Crippen LogP contribution < -0.4 is 9.47 Å². The molecule has 89 heavy (non-hydrogen) atoms. The lowest BCUT2D eigenvalue weighted by Gasteiger charge is -2.37. The molecule has 0 fully saturated rings. The quantitative estimate of drug-likeness (QED) is 0.0923. The van der Waals surface area contributed by atoms with E-state index in [-0.39, 0.29) is 74.1 Å². The number of methoxy groups -OCH3 is 2. The van der Waals surface area contributed by atoms with Crippen LogP contribution in [0.25, 0.3) is 22.3 Å². The Hall–Kier alpha value is -5.11. The minimum Gasteiger partial charge on any atom is -0.508 e. The molecular weight excluding hydrogens is 1270 g/mol. The van der Waals surface area contributed by atoms with Crippen molar-refractivity contribution in [2.75, 3.05) is 27.8 Å². The van der Waals surface area contributed by atoms with Crippen molar-refractivity contribution >= 4 is 89.7 Å². The summed E-state index contributed by atoms with van der Waals surface area (Å²) in [4.78, 5) is 49.3. The lowest BCUT2D eigenvalue weighted by atomic mass is 9.66. The molecular formula is C76H99Br2ClO10. The van der Waals surface area contributed by atoms with Crippen LogP contribution >= 0.6 is 44.3 Å². The molecule has 12 rings (SSSR count). The van der Waals surface area contributed by atoms with Crippen molar-refractivity contribution in [3.8, 4) is 23.0 Å². The van der Waals surface area contributed by atoms with Crippen LogP contribution in [-0.4, -0.2) is 61.2 Å². The average Bonchev–Trinajstić information content (AvgIpc) is 1.88. The second-order valence-electron chi connectivity index (χ2n) is 25.7. The first-order valence-corrected chi connectivity index (χ1v) is 33.5.